The van der Waals surface area contributed by atoms with Gasteiger partial charge in [-0.1, -0.05) is 6.07 Å². The summed E-state index contributed by atoms with van der Waals surface area (Å²) in [5, 5.41) is 7.50. The van der Waals surface area contributed by atoms with Gasteiger partial charge in [0, 0.05) is 30.7 Å². The molecule has 168 valence electrons. The van der Waals surface area contributed by atoms with E-state index in [1.165, 1.54) is 22.4 Å². The molecule has 0 radical (unpaired) electrons. The molecule has 2 amide bonds. The summed E-state index contributed by atoms with van der Waals surface area (Å²) in [5.41, 5.74) is -0.388. The van der Waals surface area contributed by atoms with E-state index in [-0.39, 0.29) is 23.2 Å². The number of likely N-dealkylation sites (N-methyl/N-ethyl adjacent to an activating group) is 1. The Balaban J connectivity index is 1.65. The number of hydrogen-bond donors (Lipinski definition) is 2. The number of alkyl halides is 3. The number of rotatable bonds is 7. The first-order chi connectivity index (χ1) is 14.6. The van der Waals surface area contributed by atoms with Gasteiger partial charge in [-0.05, 0) is 45.1 Å². The van der Waals surface area contributed by atoms with Crippen LogP contribution in [0, 0.1) is 0 Å². The predicted octanol–water partition coefficient (Wildman–Crippen LogP) is 3.19. The van der Waals surface area contributed by atoms with E-state index in [1.807, 2.05) is 19.0 Å². The second kappa shape index (κ2) is 9.65. The number of anilines is 2. The molecule has 31 heavy (non-hydrogen) atoms. The van der Waals surface area contributed by atoms with Crippen molar-refractivity contribution >= 4 is 34.0 Å². The zero-order valence-electron chi connectivity index (χ0n) is 17.2. The number of amides is 2. The molecular formula is C20H24F3N5O2S. The zero-order chi connectivity index (χ0) is 22.6. The molecule has 1 aromatic heterocycles. The third-order valence-corrected chi connectivity index (χ3v) is 5.60. The van der Waals surface area contributed by atoms with Gasteiger partial charge in [0.1, 0.15) is 11.7 Å². The Morgan fingerprint density at radius 3 is 2.81 bits per heavy atom. The highest BCUT2D eigenvalue weighted by Gasteiger charge is 2.35. The minimum absolute atomic E-state index is 0.160. The van der Waals surface area contributed by atoms with E-state index >= 15 is 0 Å². The highest BCUT2D eigenvalue weighted by Crippen LogP contribution is 2.32. The highest BCUT2D eigenvalue weighted by atomic mass is 32.1. The Labute approximate surface area is 182 Å². The van der Waals surface area contributed by atoms with Crippen LogP contribution in [0.3, 0.4) is 0 Å². The van der Waals surface area contributed by atoms with Gasteiger partial charge in [-0.25, -0.2) is 4.98 Å². The van der Waals surface area contributed by atoms with Crippen molar-refractivity contribution in [3.05, 3.63) is 40.9 Å². The largest absolute Gasteiger partial charge is 0.416 e. The summed E-state index contributed by atoms with van der Waals surface area (Å²) in [5.74, 6) is -0.552. The number of thiazole rings is 1. The normalized spacial score (nSPS) is 16.6. The van der Waals surface area contributed by atoms with Gasteiger partial charge in [0.2, 0.25) is 5.91 Å². The molecular weight excluding hydrogens is 431 g/mol. The lowest BCUT2D eigenvalue weighted by Gasteiger charge is -2.23. The Bertz CT molecular complexity index is 932. The first kappa shape index (κ1) is 23.0. The van der Waals surface area contributed by atoms with Crippen molar-refractivity contribution < 1.29 is 22.8 Å². The molecule has 2 heterocycles. The average molecular weight is 456 g/mol. The van der Waals surface area contributed by atoms with Gasteiger partial charge in [-0.15, -0.1) is 11.3 Å². The van der Waals surface area contributed by atoms with Crippen LogP contribution in [0.5, 0.6) is 0 Å². The SMILES string of the molecule is CN(C)CCNC(=O)C1CCCN1C(=O)c1csc(Nc2cccc(C(F)(F)F)c2)n1. The Hall–Kier alpha value is -2.66. The van der Waals surface area contributed by atoms with Gasteiger partial charge in [-0.2, -0.15) is 13.2 Å². The number of halogens is 3. The quantitative estimate of drug-likeness (QED) is 0.671. The molecule has 0 aliphatic carbocycles. The molecule has 0 saturated carbocycles. The molecule has 1 saturated heterocycles. The molecule has 1 aliphatic heterocycles. The summed E-state index contributed by atoms with van der Waals surface area (Å²) >= 11 is 1.11. The third kappa shape index (κ3) is 5.95. The summed E-state index contributed by atoms with van der Waals surface area (Å²) in [6.07, 6.45) is -3.14. The van der Waals surface area contributed by atoms with Crippen molar-refractivity contribution in [1.82, 2.24) is 20.1 Å². The van der Waals surface area contributed by atoms with E-state index in [1.54, 1.807) is 0 Å². The highest BCUT2D eigenvalue weighted by molar-refractivity contribution is 7.14. The van der Waals surface area contributed by atoms with E-state index in [2.05, 4.69) is 15.6 Å². The van der Waals surface area contributed by atoms with Crippen molar-refractivity contribution in [2.45, 2.75) is 25.1 Å². The fourth-order valence-electron chi connectivity index (χ4n) is 3.28. The van der Waals surface area contributed by atoms with Gasteiger partial charge in [0.05, 0.1) is 5.56 Å². The van der Waals surface area contributed by atoms with E-state index in [9.17, 15) is 22.8 Å². The molecule has 0 spiro atoms. The Kier molecular flexibility index (Phi) is 7.16. The molecule has 1 fully saturated rings. The van der Waals surface area contributed by atoms with Gasteiger partial charge in [-0.3, -0.25) is 9.59 Å². The minimum atomic E-state index is -4.44. The van der Waals surface area contributed by atoms with Crippen LogP contribution in [0.1, 0.15) is 28.9 Å². The summed E-state index contributed by atoms with van der Waals surface area (Å²) in [7, 11) is 3.82. The molecule has 1 unspecified atom stereocenters. The molecule has 1 aliphatic rings. The number of nitrogens with zero attached hydrogens (tertiary/aromatic N) is 3. The Morgan fingerprint density at radius 1 is 1.32 bits per heavy atom. The molecule has 7 nitrogen and oxygen atoms in total. The topological polar surface area (TPSA) is 77.6 Å². The lowest BCUT2D eigenvalue weighted by atomic mass is 10.2. The maximum Gasteiger partial charge on any atom is 0.416 e. The predicted molar refractivity (Wildman–Crippen MR) is 112 cm³/mol. The summed E-state index contributed by atoms with van der Waals surface area (Å²) < 4.78 is 38.6. The van der Waals surface area contributed by atoms with Gasteiger partial charge >= 0.3 is 6.18 Å². The monoisotopic (exact) mass is 455 g/mol. The second-order valence-corrected chi connectivity index (χ2v) is 8.35. The smallest absolute Gasteiger partial charge is 0.353 e. The standard InChI is InChI=1S/C20H24F3N5O2S/c1-27(2)10-8-24-17(29)16-7-4-9-28(16)18(30)15-12-31-19(26-15)25-14-6-3-5-13(11-14)20(21,22)23/h3,5-6,11-12,16H,4,7-10H2,1-2H3,(H,24,29)(H,25,26). The molecule has 11 heteroatoms. The van der Waals surface area contributed by atoms with Gasteiger partial charge in [0.25, 0.3) is 5.91 Å². The van der Waals surface area contributed by atoms with Gasteiger partial charge < -0.3 is 20.4 Å². The molecule has 2 N–H and O–H groups in total. The number of benzene rings is 1. The van der Waals surface area contributed by atoms with E-state index in [0.717, 1.165) is 29.9 Å². The van der Waals surface area contributed by atoms with Crippen molar-refractivity contribution in [2.24, 2.45) is 0 Å². The molecule has 2 aromatic rings. The van der Waals surface area contributed by atoms with Crippen LogP contribution >= 0.6 is 11.3 Å². The summed E-state index contributed by atoms with van der Waals surface area (Å²) in [4.78, 5) is 33.1. The zero-order valence-corrected chi connectivity index (χ0v) is 18.0. The first-order valence-electron chi connectivity index (χ1n) is 9.78. The Morgan fingerprint density at radius 2 is 2.10 bits per heavy atom. The number of nitrogens with one attached hydrogen (secondary N) is 2. The summed E-state index contributed by atoms with van der Waals surface area (Å²) in [6.45, 7) is 1.65. The number of carbonyl (C=O) groups is 2. The number of likely N-dealkylation sites (tertiary alicyclic amines) is 1. The fraction of sp³-hybridized carbons (Fsp3) is 0.450. The molecule has 3 rings (SSSR count). The fourth-order valence-corrected chi connectivity index (χ4v) is 3.98. The van der Waals surface area contributed by atoms with E-state index in [4.69, 9.17) is 0 Å². The first-order valence-corrected chi connectivity index (χ1v) is 10.7. The maximum atomic E-state index is 12.9. The summed E-state index contributed by atoms with van der Waals surface area (Å²) in [6, 6.07) is 4.22. The van der Waals surface area contributed by atoms with Crippen LogP contribution in [0.15, 0.2) is 29.6 Å². The molecule has 1 aromatic carbocycles. The number of hydrogen-bond acceptors (Lipinski definition) is 6. The van der Waals surface area contributed by atoms with Crippen molar-refractivity contribution in [3.63, 3.8) is 0 Å². The number of aromatic nitrogens is 1. The maximum absolute atomic E-state index is 12.9. The second-order valence-electron chi connectivity index (χ2n) is 7.49. The minimum Gasteiger partial charge on any atom is -0.353 e. The van der Waals surface area contributed by atoms with Crippen LogP contribution in [0.2, 0.25) is 0 Å². The van der Waals surface area contributed by atoms with Crippen LogP contribution in [0.4, 0.5) is 24.0 Å². The average Bonchev–Trinajstić information content (AvgIpc) is 3.36. The van der Waals surface area contributed by atoms with Crippen LogP contribution < -0.4 is 10.6 Å². The third-order valence-electron chi connectivity index (χ3n) is 4.84. The molecule has 0 bridgehead atoms. The van der Waals surface area contributed by atoms with Crippen LogP contribution in [-0.2, 0) is 11.0 Å². The van der Waals surface area contributed by atoms with E-state index < -0.39 is 17.8 Å². The van der Waals surface area contributed by atoms with Crippen LogP contribution in [0.25, 0.3) is 0 Å². The van der Waals surface area contributed by atoms with Gasteiger partial charge in [0.15, 0.2) is 5.13 Å². The van der Waals surface area contributed by atoms with E-state index in [0.29, 0.717) is 31.2 Å². The molecule has 1 atom stereocenters. The van der Waals surface area contributed by atoms with Crippen molar-refractivity contribution in [2.75, 3.05) is 39.0 Å². The van der Waals surface area contributed by atoms with Crippen molar-refractivity contribution in [3.8, 4) is 0 Å². The lowest BCUT2D eigenvalue weighted by Crippen LogP contribution is -2.47. The number of carbonyl (C=O) groups excluding carboxylic acids is 2. The van der Waals surface area contributed by atoms with Crippen molar-refractivity contribution in [1.29, 1.82) is 0 Å². The lowest BCUT2D eigenvalue weighted by molar-refractivity contribution is -0.137. The van der Waals surface area contributed by atoms with Crippen LogP contribution in [-0.4, -0.2) is 66.4 Å².